The first kappa shape index (κ1) is 19.2. The van der Waals surface area contributed by atoms with Gasteiger partial charge in [0, 0.05) is 48.2 Å². The van der Waals surface area contributed by atoms with E-state index in [4.69, 9.17) is 0 Å². The van der Waals surface area contributed by atoms with Gasteiger partial charge in [0.2, 0.25) is 5.88 Å². The van der Waals surface area contributed by atoms with Gasteiger partial charge in [0.05, 0.1) is 5.69 Å². The zero-order chi connectivity index (χ0) is 20.4. The second-order valence-corrected chi connectivity index (χ2v) is 6.79. The number of rotatable bonds is 4. The topological polar surface area (TPSA) is 41.5 Å². The Morgan fingerprint density at radius 3 is 2.45 bits per heavy atom. The van der Waals surface area contributed by atoms with Crippen molar-refractivity contribution in [2.24, 2.45) is 0 Å². The molecule has 0 radical (unpaired) electrons. The third kappa shape index (κ3) is 4.02. The third-order valence-corrected chi connectivity index (χ3v) is 4.84. The summed E-state index contributed by atoms with van der Waals surface area (Å²) in [6, 6.07) is 16.0. The van der Waals surface area contributed by atoms with Crippen molar-refractivity contribution in [1.29, 1.82) is 0 Å². The van der Waals surface area contributed by atoms with E-state index in [1.54, 1.807) is 6.07 Å². The van der Waals surface area contributed by atoms with Crippen molar-refractivity contribution in [3.05, 3.63) is 66.0 Å². The second-order valence-electron chi connectivity index (χ2n) is 6.79. The van der Waals surface area contributed by atoms with Crippen LogP contribution >= 0.6 is 0 Å². The van der Waals surface area contributed by atoms with Crippen molar-refractivity contribution in [3.8, 4) is 17.1 Å². The van der Waals surface area contributed by atoms with Crippen LogP contribution in [0.25, 0.3) is 11.3 Å². The van der Waals surface area contributed by atoms with Crippen molar-refractivity contribution in [2.45, 2.75) is 13.2 Å². The number of halogens is 3. The van der Waals surface area contributed by atoms with Crippen molar-refractivity contribution in [2.75, 3.05) is 25.0 Å². The molecule has 5 nitrogen and oxygen atoms in total. The Bertz CT molecular complexity index is 983. The highest BCUT2D eigenvalue weighted by atomic mass is 19.3. The van der Waals surface area contributed by atoms with Gasteiger partial charge in [-0.15, -0.1) is 10.2 Å². The Morgan fingerprint density at radius 1 is 0.966 bits per heavy atom. The van der Waals surface area contributed by atoms with Gasteiger partial charge >= 0.3 is 6.61 Å². The molecule has 1 aliphatic rings. The van der Waals surface area contributed by atoms with Crippen LogP contribution in [0.1, 0.15) is 5.56 Å². The lowest BCUT2D eigenvalue weighted by molar-refractivity contribution is -0.0534. The standard InChI is InChI=1S/C21H19F3N4O/c1-27-11-12-28(14-5-3-2-4-6-14)18-9-7-15(20(22)16(18)13-27)17-8-10-19(26-25-17)29-21(23)24/h2-10,21H,11-13H2,1H3. The van der Waals surface area contributed by atoms with E-state index >= 15 is 4.39 Å². The maximum absolute atomic E-state index is 15.5. The maximum Gasteiger partial charge on any atom is 0.388 e. The lowest BCUT2D eigenvalue weighted by Crippen LogP contribution is -2.26. The highest BCUT2D eigenvalue weighted by Gasteiger charge is 2.24. The highest BCUT2D eigenvalue weighted by molar-refractivity contribution is 5.72. The van der Waals surface area contributed by atoms with Crippen LogP contribution in [0.4, 0.5) is 24.5 Å². The molecule has 150 valence electrons. The molecule has 0 aliphatic carbocycles. The fraction of sp³-hybridized carbons (Fsp3) is 0.238. The van der Waals surface area contributed by atoms with E-state index in [1.807, 2.05) is 43.4 Å². The Morgan fingerprint density at radius 2 is 1.76 bits per heavy atom. The molecule has 0 unspecified atom stereocenters. The number of ether oxygens (including phenoxy) is 1. The Labute approximate surface area is 166 Å². The molecule has 0 N–H and O–H groups in total. The molecule has 0 bridgehead atoms. The van der Waals surface area contributed by atoms with Crippen LogP contribution < -0.4 is 9.64 Å². The zero-order valence-corrected chi connectivity index (χ0v) is 15.7. The Hall–Kier alpha value is -3.13. The first-order valence-corrected chi connectivity index (χ1v) is 9.14. The van der Waals surface area contributed by atoms with Crippen molar-refractivity contribution in [1.82, 2.24) is 15.1 Å². The monoisotopic (exact) mass is 400 g/mol. The number of nitrogens with zero attached hydrogens (tertiary/aromatic N) is 4. The van der Waals surface area contributed by atoms with Crippen LogP contribution in [0.2, 0.25) is 0 Å². The first-order valence-electron chi connectivity index (χ1n) is 9.14. The normalized spacial score (nSPS) is 14.6. The number of fused-ring (bicyclic) bond motifs is 1. The largest absolute Gasteiger partial charge is 0.415 e. The van der Waals surface area contributed by atoms with Crippen LogP contribution in [0, 0.1) is 5.82 Å². The SMILES string of the molecule is CN1CCN(c2ccccc2)c2ccc(-c3ccc(OC(F)F)nn3)c(F)c2C1. The molecular weight excluding hydrogens is 381 g/mol. The summed E-state index contributed by atoms with van der Waals surface area (Å²) in [4.78, 5) is 4.15. The molecule has 4 rings (SSSR count). The summed E-state index contributed by atoms with van der Waals surface area (Å²) in [5.41, 5.74) is 2.87. The molecule has 0 amide bonds. The van der Waals surface area contributed by atoms with Gasteiger partial charge in [-0.25, -0.2) is 4.39 Å². The second kappa shape index (κ2) is 8.08. The fourth-order valence-corrected chi connectivity index (χ4v) is 3.45. The molecular formula is C21H19F3N4O. The predicted octanol–water partition coefficient (Wildman–Crippen LogP) is 4.47. The molecule has 0 atom stereocenters. The molecule has 29 heavy (non-hydrogen) atoms. The van der Waals surface area contributed by atoms with Gasteiger partial charge < -0.3 is 14.5 Å². The average molecular weight is 400 g/mol. The highest BCUT2D eigenvalue weighted by Crippen LogP contribution is 2.36. The van der Waals surface area contributed by atoms with Gasteiger partial charge in [-0.05, 0) is 37.4 Å². The summed E-state index contributed by atoms with van der Waals surface area (Å²) in [5.74, 6) is -0.706. The molecule has 8 heteroatoms. The van der Waals surface area contributed by atoms with Gasteiger partial charge in [0.15, 0.2) is 0 Å². The number of likely N-dealkylation sites (N-methyl/N-ethyl adjacent to an activating group) is 1. The molecule has 0 spiro atoms. The molecule has 3 aromatic rings. The Kier molecular flexibility index (Phi) is 5.35. The molecule has 0 saturated carbocycles. The van der Waals surface area contributed by atoms with Gasteiger partial charge in [-0.2, -0.15) is 8.78 Å². The van der Waals surface area contributed by atoms with Crippen molar-refractivity contribution >= 4 is 11.4 Å². The van der Waals surface area contributed by atoms with E-state index < -0.39 is 12.4 Å². The van der Waals surface area contributed by atoms with Gasteiger partial charge in [-0.1, -0.05) is 18.2 Å². The van der Waals surface area contributed by atoms with E-state index in [1.165, 1.54) is 12.1 Å². The molecule has 0 saturated heterocycles. The van der Waals surface area contributed by atoms with Crippen LogP contribution in [-0.4, -0.2) is 41.8 Å². The van der Waals surface area contributed by atoms with Gasteiger partial charge in [-0.3, -0.25) is 0 Å². The lowest BCUT2D eigenvalue weighted by Gasteiger charge is -2.25. The van der Waals surface area contributed by atoms with Crippen LogP contribution in [0.3, 0.4) is 0 Å². The third-order valence-electron chi connectivity index (χ3n) is 4.84. The summed E-state index contributed by atoms with van der Waals surface area (Å²) >= 11 is 0. The summed E-state index contributed by atoms with van der Waals surface area (Å²) in [5, 5.41) is 7.46. The maximum atomic E-state index is 15.5. The summed E-state index contributed by atoms with van der Waals surface area (Å²) in [6.45, 7) is -1.04. The summed E-state index contributed by atoms with van der Waals surface area (Å²) < 4.78 is 44.3. The van der Waals surface area contributed by atoms with E-state index in [9.17, 15) is 8.78 Å². The zero-order valence-electron chi connectivity index (χ0n) is 15.7. The minimum Gasteiger partial charge on any atom is -0.415 e. The quantitative estimate of drug-likeness (QED) is 0.647. The van der Waals surface area contributed by atoms with Crippen LogP contribution in [0.5, 0.6) is 5.88 Å². The van der Waals surface area contributed by atoms with Gasteiger partial charge in [0.25, 0.3) is 0 Å². The average Bonchev–Trinajstić information content (AvgIpc) is 2.88. The fourth-order valence-electron chi connectivity index (χ4n) is 3.45. The van der Waals surface area contributed by atoms with E-state index in [0.717, 1.165) is 24.5 Å². The minimum atomic E-state index is -2.99. The lowest BCUT2D eigenvalue weighted by atomic mass is 10.0. The number of anilines is 2. The number of hydrogen-bond donors (Lipinski definition) is 0. The predicted molar refractivity (Wildman–Crippen MR) is 104 cm³/mol. The van der Waals surface area contributed by atoms with Crippen molar-refractivity contribution in [3.63, 3.8) is 0 Å². The molecule has 2 heterocycles. The molecule has 0 fully saturated rings. The Balaban J connectivity index is 1.74. The minimum absolute atomic E-state index is 0.255. The molecule has 1 aliphatic heterocycles. The van der Waals surface area contributed by atoms with E-state index in [-0.39, 0.29) is 17.1 Å². The van der Waals surface area contributed by atoms with Crippen molar-refractivity contribution < 1.29 is 17.9 Å². The molecule has 1 aromatic heterocycles. The smallest absolute Gasteiger partial charge is 0.388 e. The first-order chi connectivity index (χ1) is 14.0. The van der Waals surface area contributed by atoms with Gasteiger partial charge in [0.1, 0.15) is 5.82 Å². The van der Waals surface area contributed by atoms with E-state index in [0.29, 0.717) is 12.1 Å². The number of para-hydroxylation sites is 1. The van der Waals surface area contributed by atoms with Crippen LogP contribution in [0.15, 0.2) is 54.6 Å². The number of alkyl halides is 2. The van der Waals surface area contributed by atoms with E-state index in [2.05, 4.69) is 24.7 Å². The number of benzene rings is 2. The summed E-state index contributed by atoms with van der Waals surface area (Å²) in [6.07, 6.45) is 0. The van der Waals surface area contributed by atoms with Crippen LogP contribution in [-0.2, 0) is 6.54 Å². The number of hydrogen-bond acceptors (Lipinski definition) is 5. The summed E-state index contributed by atoms with van der Waals surface area (Å²) in [7, 11) is 1.95. The number of aromatic nitrogens is 2. The molecule has 2 aromatic carbocycles.